The fourth-order valence-electron chi connectivity index (χ4n) is 5.04. The lowest BCUT2D eigenvalue weighted by Gasteiger charge is -2.34. The van der Waals surface area contributed by atoms with Crippen molar-refractivity contribution in [1.82, 2.24) is 14.5 Å². The average Bonchev–Trinajstić information content (AvgIpc) is 3.46. The molecule has 1 saturated heterocycles. The Morgan fingerprint density at radius 1 is 1.09 bits per heavy atom. The molecule has 0 unspecified atom stereocenters. The lowest BCUT2D eigenvalue weighted by molar-refractivity contribution is -0.131. The first kappa shape index (κ1) is 21.3. The van der Waals surface area contributed by atoms with E-state index in [0.29, 0.717) is 0 Å². The number of hydrogen-bond acceptors (Lipinski definition) is 4. The van der Waals surface area contributed by atoms with Gasteiger partial charge in [0.25, 0.3) is 0 Å². The molecule has 3 aromatic rings. The number of methoxy groups -OCH3 is 2. The van der Waals surface area contributed by atoms with E-state index in [1.807, 2.05) is 48.0 Å². The summed E-state index contributed by atoms with van der Waals surface area (Å²) in [7, 11) is 3.36. The number of aryl methyl sites for hydroxylation is 2. The highest BCUT2D eigenvalue weighted by Crippen LogP contribution is 2.40. The van der Waals surface area contributed by atoms with Crippen LogP contribution in [0.3, 0.4) is 0 Å². The Balaban J connectivity index is 1.41. The fraction of sp³-hybridized carbons (Fsp3) is 0.333. The molecule has 1 amide bonds. The number of imidazole rings is 1. The van der Waals surface area contributed by atoms with Crippen molar-refractivity contribution in [1.29, 1.82) is 0 Å². The van der Waals surface area contributed by atoms with Crippen molar-refractivity contribution in [2.24, 2.45) is 0 Å². The molecule has 1 fully saturated rings. The summed E-state index contributed by atoms with van der Waals surface area (Å²) in [5.41, 5.74) is 6.24. The van der Waals surface area contributed by atoms with Crippen LogP contribution < -0.4 is 9.47 Å². The maximum atomic E-state index is 13.5. The van der Waals surface area contributed by atoms with Crippen LogP contribution in [-0.2, 0) is 11.2 Å². The van der Waals surface area contributed by atoms with Crippen LogP contribution in [0.15, 0.2) is 54.5 Å². The second kappa shape index (κ2) is 8.77. The standard InChI is InChI=1S/C27H29N3O3/c1-18-16-29(17-28-18)25-10-6-19(14-26(25)33-3)13-21-5-4-12-30(27(21)31)24-11-7-20-15-22(32-2)8-9-23(20)24/h6,8-10,13-17,24H,4-5,7,11-12H2,1-3H3/t24-/m1/s1. The summed E-state index contributed by atoms with van der Waals surface area (Å²) < 4.78 is 13.0. The van der Waals surface area contributed by atoms with Gasteiger partial charge < -0.3 is 18.9 Å². The Morgan fingerprint density at radius 2 is 1.97 bits per heavy atom. The maximum Gasteiger partial charge on any atom is 0.250 e. The zero-order chi connectivity index (χ0) is 22.9. The first-order chi connectivity index (χ1) is 16.1. The number of ether oxygens (including phenoxy) is 2. The van der Waals surface area contributed by atoms with Gasteiger partial charge in [-0.2, -0.15) is 0 Å². The van der Waals surface area contributed by atoms with Crippen molar-refractivity contribution in [2.75, 3.05) is 20.8 Å². The predicted octanol–water partition coefficient (Wildman–Crippen LogP) is 4.89. The molecular formula is C27H29N3O3. The van der Waals surface area contributed by atoms with E-state index in [9.17, 15) is 4.79 Å². The molecule has 1 atom stereocenters. The van der Waals surface area contributed by atoms with Crippen LogP contribution >= 0.6 is 0 Å². The number of likely N-dealkylation sites (tertiary alicyclic amines) is 1. The Morgan fingerprint density at radius 3 is 2.73 bits per heavy atom. The van der Waals surface area contributed by atoms with Gasteiger partial charge in [0, 0.05) is 18.3 Å². The predicted molar refractivity (Wildman–Crippen MR) is 128 cm³/mol. The number of hydrogen-bond donors (Lipinski definition) is 0. The zero-order valence-corrected chi connectivity index (χ0v) is 19.4. The number of piperidine rings is 1. The van der Waals surface area contributed by atoms with Crippen molar-refractivity contribution >= 4 is 12.0 Å². The molecule has 1 aliphatic carbocycles. The molecule has 5 rings (SSSR count). The van der Waals surface area contributed by atoms with Crippen LogP contribution in [0, 0.1) is 6.92 Å². The lowest BCUT2D eigenvalue weighted by Crippen LogP contribution is -2.39. The highest BCUT2D eigenvalue weighted by Gasteiger charge is 2.34. The molecule has 6 nitrogen and oxygen atoms in total. The quantitative estimate of drug-likeness (QED) is 0.527. The highest BCUT2D eigenvalue weighted by molar-refractivity contribution is 5.99. The van der Waals surface area contributed by atoms with Crippen LogP contribution in [0.25, 0.3) is 11.8 Å². The fourth-order valence-corrected chi connectivity index (χ4v) is 5.04. The zero-order valence-electron chi connectivity index (χ0n) is 19.4. The number of aromatic nitrogens is 2. The Bertz CT molecular complexity index is 1230. The van der Waals surface area contributed by atoms with E-state index in [2.05, 4.69) is 22.0 Å². The van der Waals surface area contributed by atoms with Gasteiger partial charge in [-0.05, 0) is 79.6 Å². The third-order valence-electron chi connectivity index (χ3n) is 6.69. The van der Waals surface area contributed by atoms with Crippen molar-refractivity contribution in [3.63, 3.8) is 0 Å². The molecule has 0 spiro atoms. The second-order valence-electron chi connectivity index (χ2n) is 8.74. The molecule has 2 aliphatic rings. The van der Waals surface area contributed by atoms with Gasteiger partial charge in [-0.25, -0.2) is 4.98 Å². The van der Waals surface area contributed by atoms with Crippen molar-refractivity contribution in [3.8, 4) is 17.2 Å². The monoisotopic (exact) mass is 443 g/mol. The molecule has 0 saturated carbocycles. The SMILES string of the molecule is COc1ccc2c(c1)CC[C@H]2N1CCCC(=Cc2ccc(-n3cnc(C)c3)c(OC)c2)C1=O. The minimum absolute atomic E-state index is 0.142. The summed E-state index contributed by atoms with van der Waals surface area (Å²) in [5.74, 6) is 1.77. The molecule has 170 valence electrons. The molecule has 1 aliphatic heterocycles. The van der Waals surface area contributed by atoms with E-state index in [1.54, 1.807) is 20.5 Å². The summed E-state index contributed by atoms with van der Waals surface area (Å²) in [5, 5.41) is 0. The maximum absolute atomic E-state index is 13.5. The number of rotatable bonds is 5. The molecule has 0 N–H and O–H groups in total. The van der Waals surface area contributed by atoms with E-state index >= 15 is 0 Å². The summed E-state index contributed by atoms with van der Waals surface area (Å²) in [6.07, 6.45) is 9.48. The molecule has 6 heteroatoms. The van der Waals surface area contributed by atoms with Gasteiger partial charge in [-0.15, -0.1) is 0 Å². The van der Waals surface area contributed by atoms with Gasteiger partial charge >= 0.3 is 0 Å². The van der Waals surface area contributed by atoms with Gasteiger partial charge in [-0.1, -0.05) is 12.1 Å². The lowest BCUT2D eigenvalue weighted by atomic mass is 9.97. The molecule has 0 bridgehead atoms. The van der Waals surface area contributed by atoms with E-state index in [-0.39, 0.29) is 11.9 Å². The molecule has 2 aromatic carbocycles. The molecular weight excluding hydrogens is 414 g/mol. The van der Waals surface area contributed by atoms with Gasteiger partial charge in [0.15, 0.2) is 0 Å². The van der Waals surface area contributed by atoms with E-state index < -0.39 is 0 Å². The number of amides is 1. The van der Waals surface area contributed by atoms with Crippen LogP contribution in [0.2, 0.25) is 0 Å². The highest BCUT2D eigenvalue weighted by atomic mass is 16.5. The van der Waals surface area contributed by atoms with Crippen LogP contribution in [0.4, 0.5) is 0 Å². The van der Waals surface area contributed by atoms with Crippen molar-refractivity contribution in [2.45, 2.75) is 38.6 Å². The molecule has 0 radical (unpaired) electrons. The van der Waals surface area contributed by atoms with Crippen molar-refractivity contribution < 1.29 is 14.3 Å². The summed E-state index contributed by atoms with van der Waals surface area (Å²) >= 11 is 0. The number of carbonyl (C=O) groups excluding carboxylic acids is 1. The minimum atomic E-state index is 0.142. The summed E-state index contributed by atoms with van der Waals surface area (Å²) in [6, 6.07) is 12.4. The molecule has 1 aromatic heterocycles. The number of fused-ring (bicyclic) bond motifs is 1. The topological polar surface area (TPSA) is 56.6 Å². The van der Waals surface area contributed by atoms with Crippen LogP contribution in [0.1, 0.15) is 47.7 Å². The average molecular weight is 444 g/mol. The smallest absolute Gasteiger partial charge is 0.250 e. The van der Waals surface area contributed by atoms with Gasteiger partial charge in [0.2, 0.25) is 5.91 Å². The summed E-state index contributed by atoms with van der Waals surface area (Å²) in [4.78, 5) is 19.9. The second-order valence-corrected chi connectivity index (χ2v) is 8.74. The van der Waals surface area contributed by atoms with E-state index in [0.717, 1.165) is 66.2 Å². The van der Waals surface area contributed by atoms with E-state index in [4.69, 9.17) is 9.47 Å². The van der Waals surface area contributed by atoms with Crippen LogP contribution in [-0.4, -0.2) is 41.1 Å². The molecule has 33 heavy (non-hydrogen) atoms. The van der Waals surface area contributed by atoms with Gasteiger partial charge in [-0.3, -0.25) is 4.79 Å². The van der Waals surface area contributed by atoms with Crippen LogP contribution in [0.5, 0.6) is 11.5 Å². The third kappa shape index (κ3) is 4.01. The third-order valence-corrected chi connectivity index (χ3v) is 6.69. The normalized spacial score (nSPS) is 19.1. The Kier molecular flexibility index (Phi) is 5.67. The van der Waals surface area contributed by atoms with E-state index in [1.165, 1.54) is 11.1 Å². The first-order valence-corrected chi connectivity index (χ1v) is 11.4. The Hall–Kier alpha value is -3.54. The minimum Gasteiger partial charge on any atom is -0.497 e. The Labute approximate surface area is 194 Å². The number of benzene rings is 2. The first-order valence-electron chi connectivity index (χ1n) is 11.4. The van der Waals surface area contributed by atoms with Gasteiger partial charge in [0.1, 0.15) is 11.5 Å². The largest absolute Gasteiger partial charge is 0.497 e. The van der Waals surface area contributed by atoms with Crippen molar-refractivity contribution in [3.05, 3.63) is 76.9 Å². The number of nitrogens with zero attached hydrogens (tertiary/aromatic N) is 3. The summed E-state index contributed by atoms with van der Waals surface area (Å²) in [6.45, 7) is 2.76. The van der Waals surface area contributed by atoms with Gasteiger partial charge in [0.05, 0.1) is 38.0 Å². The molecule has 2 heterocycles. The number of carbonyl (C=O) groups is 1.